The van der Waals surface area contributed by atoms with E-state index in [0.29, 0.717) is 43.4 Å². The highest BCUT2D eigenvalue weighted by Crippen LogP contribution is 2.36. The maximum atomic E-state index is 12.7. The van der Waals surface area contributed by atoms with Crippen LogP contribution in [0.25, 0.3) is 0 Å². The van der Waals surface area contributed by atoms with Crippen LogP contribution in [0.1, 0.15) is 37.0 Å². The largest absolute Gasteiger partial charge is 0.513 e. The van der Waals surface area contributed by atoms with Gasteiger partial charge in [0.2, 0.25) is 5.91 Å². The zero-order chi connectivity index (χ0) is 20.1. The molecule has 150 valence electrons. The number of benzene rings is 1. The highest BCUT2D eigenvalue weighted by Gasteiger charge is 2.27. The molecular formula is C21H26N2O5. The molecule has 1 aromatic carbocycles. The molecule has 0 radical (unpaired) electrons. The maximum Gasteiger partial charge on any atom is 0.513 e. The van der Waals surface area contributed by atoms with Gasteiger partial charge in [-0.05, 0) is 56.9 Å². The molecule has 7 nitrogen and oxygen atoms in total. The summed E-state index contributed by atoms with van der Waals surface area (Å²) in [6.07, 6.45) is 3.34. The van der Waals surface area contributed by atoms with Crippen molar-refractivity contribution in [2.75, 3.05) is 32.8 Å². The maximum absolute atomic E-state index is 12.7. The van der Waals surface area contributed by atoms with Gasteiger partial charge in [-0.25, -0.2) is 4.79 Å². The van der Waals surface area contributed by atoms with Crippen LogP contribution in [0.5, 0.6) is 5.75 Å². The zero-order valence-electron chi connectivity index (χ0n) is 16.3. The van der Waals surface area contributed by atoms with Crippen LogP contribution in [0.15, 0.2) is 35.9 Å². The Morgan fingerprint density at radius 3 is 2.21 bits per heavy atom. The van der Waals surface area contributed by atoms with Crippen molar-refractivity contribution in [3.05, 3.63) is 41.5 Å². The molecule has 0 N–H and O–H groups in total. The standard InChI is InChI=1S/C21H26N2O5/c1-3-27-21(26)28-18-8-6-17(7-9-18)20(25)23-12-10-22(11-13-23)19(24)14-15(2)16-4-5-16/h6-9,14,16H,3-5,10-13H2,1-2H3/b15-14+. The van der Waals surface area contributed by atoms with Crippen molar-refractivity contribution in [3.63, 3.8) is 0 Å². The molecule has 0 unspecified atom stereocenters. The minimum absolute atomic E-state index is 0.0389. The van der Waals surface area contributed by atoms with E-state index in [4.69, 9.17) is 9.47 Å². The SMILES string of the molecule is CCOC(=O)Oc1ccc(C(=O)N2CCN(C(=O)/C=C(\C)C3CC3)CC2)cc1. The summed E-state index contributed by atoms with van der Waals surface area (Å²) in [5, 5.41) is 0. The first-order valence-electron chi connectivity index (χ1n) is 9.69. The molecule has 3 rings (SSSR count). The van der Waals surface area contributed by atoms with Gasteiger partial charge >= 0.3 is 6.16 Å². The van der Waals surface area contributed by atoms with E-state index in [9.17, 15) is 14.4 Å². The fraction of sp³-hybridized carbons (Fsp3) is 0.476. The zero-order valence-corrected chi connectivity index (χ0v) is 16.3. The van der Waals surface area contributed by atoms with Crippen LogP contribution in [-0.2, 0) is 9.53 Å². The lowest BCUT2D eigenvalue weighted by molar-refractivity contribution is -0.127. The number of hydrogen-bond donors (Lipinski definition) is 0. The van der Waals surface area contributed by atoms with E-state index in [1.807, 2.05) is 6.92 Å². The Morgan fingerprint density at radius 1 is 1.04 bits per heavy atom. The Hall–Kier alpha value is -2.83. The third kappa shape index (κ3) is 5.12. The smallest absolute Gasteiger partial charge is 0.434 e. The predicted octanol–water partition coefficient (Wildman–Crippen LogP) is 2.86. The Morgan fingerprint density at radius 2 is 1.64 bits per heavy atom. The van der Waals surface area contributed by atoms with Crippen LogP contribution in [0.3, 0.4) is 0 Å². The number of carbonyl (C=O) groups is 3. The van der Waals surface area contributed by atoms with Gasteiger partial charge in [-0.15, -0.1) is 0 Å². The number of nitrogens with zero attached hydrogens (tertiary/aromatic N) is 2. The molecule has 0 bridgehead atoms. The number of allylic oxidation sites excluding steroid dienone is 1. The Labute approximate surface area is 164 Å². The molecule has 0 atom stereocenters. The monoisotopic (exact) mass is 386 g/mol. The second kappa shape index (κ2) is 8.91. The Kier molecular flexibility index (Phi) is 6.34. The van der Waals surface area contributed by atoms with E-state index in [1.54, 1.807) is 47.1 Å². The topological polar surface area (TPSA) is 76.2 Å². The number of amides is 2. The van der Waals surface area contributed by atoms with Crippen LogP contribution >= 0.6 is 0 Å². The summed E-state index contributed by atoms with van der Waals surface area (Å²) in [5.74, 6) is 0.849. The molecular weight excluding hydrogens is 360 g/mol. The molecule has 1 aliphatic carbocycles. The molecule has 0 spiro atoms. The average Bonchev–Trinajstić information content (AvgIpc) is 3.54. The molecule has 2 aliphatic rings. The molecule has 1 saturated heterocycles. The van der Waals surface area contributed by atoms with E-state index < -0.39 is 6.16 Å². The van der Waals surface area contributed by atoms with E-state index in [-0.39, 0.29) is 18.4 Å². The number of ether oxygens (including phenoxy) is 2. The van der Waals surface area contributed by atoms with Crippen LogP contribution in [0.2, 0.25) is 0 Å². The van der Waals surface area contributed by atoms with Gasteiger partial charge in [-0.1, -0.05) is 5.57 Å². The first-order chi connectivity index (χ1) is 13.5. The van der Waals surface area contributed by atoms with Gasteiger partial charge in [0.15, 0.2) is 0 Å². The van der Waals surface area contributed by atoms with Crippen LogP contribution < -0.4 is 4.74 Å². The first-order valence-corrected chi connectivity index (χ1v) is 9.69. The van der Waals surface area contributed by atoms with Crippen LogP contribution in [-0.4, -0.2) is 60.6 Å². The predicted molar refractivity (Wildman–Crippen MR) is 103 cm³/mol. The van der Waals surface area contributed by atoms with Crippen molar-refractivity contribution in [1.82, 2.24) is 9.80 Å². The van der Waals surface area contributed by atoms with E-state index >= 15 is 0 Å². The summed E-state index contributed by atoms with van der Waals surface area (Å²) >= 11 is 0. The van der Waals surface area contributed by atoms with E-state index in [0.717, 1.165) is 5.57 Å². The third-order valence-electron chi connectivity index (χ3n) is 5.02. The molecule has 7 heteroatoms. The van der Waals surface area contributed by atoms with Crippen molar-refractivity contribution < 1.29 is 23.9 Å². The summed E-state index contributed by atoms with van der Waals surface area (Å²) in [6, 6.07) is 6.37. The lowest BCUT2D eigenvalue weighted by Crippen LogP contribution is -2.50. The average molecular weight is 386 g/mol. The molecule has 0 aromatic heterocycles. The molecule has 2 amide bonds. The van der Waals surface area contributed by atoms with Crippen LogP contribution in [0.4, 0.5) is 4.79 Å². The third-order valence-corrected chi connectivity index (χ3v) is 5.02. The van der Waals surface area contributed by atoms with Crippen molar-refractivity contribution in [1.29, 1.82) is 0 Å². The van der Waals surface area contributed by atoms with Crippen molar-refractivity contribution >= 4 is 18.0 Å². The summed E-state index contributed by atoms with van der Waals surface area (Å²) in [5.41, 5.74) is 1.68. The minimum Gasteiger partial charge on any atom is -0.434 e. The van der Waals surface area contributed by atoms with Gasteiger partial charge in [-0.3, -0.25) is 9.59 Å². The Bertz CT molecular complexity index is 760. The highest BCUT2D eigenvalue weighted by molar-refractivity contribution is 5.95. The van der Waals surface area contributed by atoms with E-state index in [2.05, 4.69) is 0 Å². The fourth-order valence-corrected chi connectivity index (χ4v) is 3.16. The second-order valence-corrected chi connectivity index (χ2v) is 7.09. The molecule has 1 heterocycles. The van der Waals surface area contributed by atoms with Crippen molar-refractivity contribution in [2.24, 2.45) is 5.92 Å². The van der Waals surface area contributed by atoms with Gasteiger partial charge < -0.3 is 19.3 Å². The summed E-state index contributed by atoms with van der Waals surface area (Å²) in [6.45, 7) is 6.02. The summed E-state index contributed by atoms with van der Waals surface area (Å²) in [7, 11) is 0. The first kappa shape index (κ1) is 19.9. The summed E-state index contributed by atoms with van der Waals surface area (Å²) in [4.78, 5) is 39.9. The number of rotatable bonds is 5. The molecule has 1 aliphatic heterocycles. The normalized spacial score (nSPS) is 17.3. The van der Waals surface area contributed by atoms with Crippen LogP contribution in [0, 0.1) is 5.92 Å². The number of piperazine rings is 1. The van der Waals surface area contributed by atoms with Gasteiger partial charge in [0.1, 0.15) is 5.75 Å². The summed E-state index contributed by atoms with van der Waals surface area (Å²) < 4.78 is 9.71. The Balaban J connectivity index is 1.51. The molecule has 2 fully saturated rings. The van der Waals surface area contributed by atoms with Gasteiger partial charge in [0, 0.05) is 37.8 Å². The molecule has 1 aromatic rings. The quantitative estimate of drug-likeness (QED) is 0.442. The minimum atomic E-state index is -0.770. The number of carbonyl (C=O) groups excluding carboxylic acids is 3. The van der Waals surface area contributed by atoms with Gasteiger partial charge in [-0.2, -0.15) is 0 Å². The molecule has 28 heavy (non-hydrogen) atoms. The second-order valence-electron chi connectivity index (χ2n) is 7.09. The fourth-order valence-electron chi connectivity index (χ4n) is 3.16. The van der Waals surface area contributed by atoms with Crippen molar-refractivity contribution in [3.8, 4) is 5.75 Å². The van der Waals surface area contributed by atoms with Gasteiger partial charge in [0.05, 0.1) is 6.61 Å². The highest BCUT2D eigenvalue weighted by atomic mass is 16.7. The van der Waals surface area contributed by atoms with Gasteiger partial charge in [0.25, 0.3) is 5.91 Å². The van der Waals surface area contributed by atoms with E-state index in [1.165, 1.54) is 12.8 Å². The lowest BCUT2D eigenvalue weighted by atomic mass is 10.1. The molecule has 1 saturated carbocycles. The lowest BCUT2D eigenvalue weighted by Gasteiger charge is -2.34. The number of hydrogen-bond acceptors (Lipinski definition) is 5. The van der Waals surface area contributed by atoms with Crippen molar-refractivity contribution in [2.45, 2.75) is 26.7 Å².